The van der Waals surface area contributed by atoms with E-state index in [0.717, 1.165) is 38.8 Å². The maximum atomic E-state index is 13.6. The number of pyridine rings is 2. The van der Waals surface area contributed by atoms with Gasteiger partial charge in [0, 0.05) is 61.1 Å². The number of aryl methyl sites for hydroxylation is 2. The Morgan fingerprint density at radius 2 is 1.69 bits per heavy atom. The van der Waals surface area contributed by atoms with E-state index in [9.17, 15) is 13.2 Å². The molecular formula is C30H26ClN7O3S. The first-order valence-corrected chi connectivity index (χ1v) is 15.2. The topological polar surface area (TPSA) is 108 Å². The molecule has 1 aliphatic heterocycles. The molecule has 0 aliphatic carbocycles. The molecule has 0 radical (unpaired) electrons. The molecule has 6 aromatic rings. The molecule has 1 atom stereocenters. The highest BCUT2D eigenvalue weighted by Gasteiger charge is 2.35. The summed E-state index contributed by atoms with van der Waals surface area (Å²) < 4.78 is 33.2. The van der Waals surface area contributed by atoms with E-state index in [0.29, 0.717) is 23.5 Å². The molecule has 2 aromatic carbocycles. The van der Waals surface area contributed by atoms with E-state index in [4.69, 9.17) is 11.6 Å². The normalized spacial score (nSPS) is 16.1. The Balaban J connectivity index is 1.29. The third-order valence-corrected chi connectivity index (χ3v) is 10.1. The van der Waals surface area contributed by atoms with Gasteiger partial charge in [0.2, 0.25) is 10.0 Å². The van der Waals surface area contributed by atoms with Gasteiger partial charge in [-0.15, -0.1) is 0 Å². The number of rotatable bonds is 5. The standard InChI is InChI=1S/C30H26ClN7O3S/c1-35-17-21(15-34-35)26-9-4-20(14-32-26)19-3-10-27-25(13-19)29-28(16-33-27)36(2)30(39)38(29)23-11-12-37(18-23)42(40,41)24-7-5-22(31)6-8-24/h3-10,13-17,23H,11-12,18H2,1-2H3. The van der Waals surface area contributed by atoms with E-state index >= 15 is 0 Å². The van der Waals surface area contributed by atoms with E-state index in [-0.39, 0.29) is 23.2 Å². The monoisotopic (exact) mass is 599 g/mol. The van der Waals surface area contributed by atoms with Gasteiger partial charge in [-0.25, -0.2) is 13.2 Å². The zero-order valence-electron chi connectivity index (χ0n) is 22.8. The van der Waals surface area contributed by atoms with Crippen LogP contribution in [0.25, 0.3) is 44.3 Å². The van der Waals surface area contributed by atoms with Crippen LogP contribution in [0.4, 0.5) is 0 Å². The van der Waals surface area contributed by atoms with Crippen molar-refractivity contribution < 1.29 is 8.42 Å². The number of aromatic nitrogens is 6. The van der Waals surface area contributed by atoms with Crippen LogP contribution in [0.15, 0.2) is 89.1 Å². The molecule has 212 valence electrons. The van der Waals surface area contributed by atoms with E-state index in [1.54, 1.807) is 45.4 Å². The number of nitrogens with zero attached hydrogens (tertiary/aromatic N) is 7. The number of hydrogen-bond donors (Lipinski definition) is 0. The summed E-state index contributed by atoms with van der Waals surface area (Å²) in [7, 11) is -0.149. The second-order valence-electron chi connectivity index (χ2n) is 10.5. The van der Waals surface area contributed by atoms with Crippen molar-refractivity contribution in [1.82, 2.24) is 33.2 Å². The van der Waals surface area contributed by atoms with Gasteiger partial charge in [-0.2, -0.15) is 9.40 Å². The van der Waals surface area contributed by atoms with E-state index < -0.39 is 10.0 Å². The van der Waals surface area contributed by atoms with Crippen molar-refractivity contribution in [2.24, 2.45) is 14.1 Å². The molecule has 4 aromatic heterocycles. The van der Waals surface area contributed by atoms with E-state index in [2.05, 4.69) is 15.1 Å². The predicted octanol–water partition coefficient (Wildman–Crippen LogP) is 4.64. The summed E-state index contributed by atoms with van der Waals surface area (Å²) in [4.78, 5) is 23.1. The second kappa shape index (κ2) is 9.90. The highest BCUT2D eigenvalue weighted by atomic mass is 35.5. The summed E-state index contributed by atoms with van der Waals surface area (Å²) in [6.45, 7) is 0.495. The molecule has 0 amide bonds. The van der Waals surface area contributed by atoms with Gasteiger partial charge < -0.3 is 0 Å². The molecule has 1 aliphatic rings. The van der Waals surface area contributed by atoms with Crippen LogP contribution in [0.1, 0.15) is 12.5 Å². The number of sulfonamides is 1. The second-order valence-corrected chi connectivity index (χ2v) is 12.9. The molecule has 42 heavy (non-hydrogen) atoms. The van der Waals surface area contributed by atoms with Crippen LogP contribution in [0, 0.1) is 0 Å². The number of halogens is 1. The molecule has 1 fully saturated rings. The van der Waals surface area contributed by atoms with Crippen molar-refractivity contribution in [3.05, 3.63) is 94.9 Å². The van der Waals surface area contributed by atoms with E-state index in [1.807, 2.05) is 49.8 Å². The molecule has 0 N–H and O–H groups in total. The minimum atomic E-state index is -3.74. The Kier molecular flexibility index (Phi) is 6.26. The first-order valence-electron chi connectivity index (χ1n) is 13.4. The lowest BCUT2D eigenvalue weighted by atomic mass is 10.0. The fraction of sp³-hybridized carbons (Fsp3) is 0.200. The highest BCUT2D eigenvalue weighted by Crippen LogP contribution is 2.34. The first-order chi connectivity index (χ1) is 20.2. The Morgan fingerprint density at radius 3 is 2.40 bits per heavy atom. The number of imidazole rings is 1. The molecule has 12 heteroatoms. The number of hydrogen-bond acceptors (Lipinski definition) is 6. The van der Waals surface area contributed by atoms with Gasteiger partial charge in [-0.1, -0.05) is 23.7 Å². The van der Waals surface area contributed by atoms with Crippen LogP contribution in [-0.2, 0) is 24.1 Å². The van der Waals surface area contributed by atoms with Crippen LogP contribution in [-0.4, -0.2) is 54.7 Å². The maximum Gasteiger partial charge on any atom is 0.329 e. The van der Waals surface area contributed by atoms with Gasteiger partial charge >= 0.3 is 5.69 Å². The average Bonchev–Trinajstić information content (AvgIpc) is 3.72. The fourth-order valence-electron chi connectivity index (χ4n) is 5.73. The van der Waals surface area contributed by atoms with Crippen molar-refractivity contribution in [2.45, 2.75) is 17.4 Å². The lowest BCUT2D eigenvalue weighted by molar-refractivity contribution is 0.450. The number of benzene rings is 2. The summed E-state index contributed by atoms with van der Waals surface area (Å²) in [6.07, 6.45) is 7.73. The summed E-state index contributed by atoms with van der Waals surface area (Å²) in [6, 6.07) is 15.7. The molecule has 0 bridgehead atoms. The minimum Gasteiger partial charge on any atom is -0.293 e. The first kappa shape index (κ1) is 26.6. The number of fused-ring (bicyclic) bond motifs is 3. The molecule has 7 rings (SSSR count). The van der Waals surface area contributed by atoms with Crippen molar-refractivity contribution in [1.29, 1.82) is 0 Å². The molecule has 0 spiro atoms. The highest BCUT2D eigenvalue weighted by molar-refractivity contribution is 7.89. The molecular weight excluding hydrogens is 574 g/mol. The van der Waals surface area contributed by atoms with Crippen LogP contribution in [0.2, 0.25) is 5.02 Å². The molecule has 1 unspecified atom stereocenters. The SMILES string of the molecule is Cn1cc(-c2ccc(-c3ccc4ncc5c(c4c3)n(C3CCN(S(=O)(=O)c4ccc(Cl)cc4)C3)c(=O)n5C)cn2)cn1. The molecule has 10 nitrogen and oxygen atoms in total. The Morgan fingerprint density at radius 1 is 0.905 bits per heavy atom. The van der Waals surface area contributed by atoms with Gasteiger partial charge in [-0.3, -0.25) is 23.8 Å². The largest absolute Gasteiger partial charge is 0.329 e. The third-order valence-electron chi connectivity index (χ3n) is 7.96. The zero-order chi connectivity index (χ0) is 29.2. The zero-order valence-corrected chi connectivity index (χ0v) is 24.4. The van der Waals surface area contributed by atoms with Gasteiger partial charge in [0.05, 0.1) is 45.6 Å². The van der Waals surface area contributed by atoms with Crippen LogP contribution >= 0.6 is 11.6 Å². The lowest BCUT2D eigenvalue weighted by Gasteiger charge is -2.17. The van der Waals surface area contributed by atoms with Gasteiger partial charge in [-0.05, 0) is 54.4 Å². The van der Waals surface area contributed by atoms with Gasteiger partial charge in [0.25, 0.3) is 0 Å². The van der Waals surface area contributed by atoms with Crippen molar-refractivity contribution in [3.8, 4) is 22.4 Å². The smallest absolute Gasteiger partial charge is 0.293 e. The quantitative estimate of drug-likeness (QED) is 0.286. The maximum absolute atomic E-state index is 13.6. The lowest BCUT2D eigenvalue weighted by Crippen LogP contribution is -2.31. The van der Waals surface area contributed by atoms with Crippen molar-refractivity contribution in [2.75, 3.05) is 13.1 Å². The predicted molar refractivity (Wildman–Crippen MR) is 162 cm³/mol. The summed E-state index contributed by atoms with van der Waals surface area (Å²) in [5.74, 6) is 0. The van der Waals surface area contributed by atoms with Crippen molar-refractivity contribution >= 4 is 43.6 Å². The Bertz CT molecular complexity index is 2150. The Labute approximate surface area is 246 Å². The van der Waals surface area contributed by atoms with Crippen LogP contribution in [0.5, 0.6) is 0 Å². The van der Waals surface area contributed by atoms with E-state index in [1.165, 1.54) is 16.4 Å². The van der Waals surface area contributed by atoms with Crippen LogP contribution < -0.4 is 5.69 Å². The summed E-state index contributed by atoms with van der Waals surface area (Å²) in [5.41, 5.74) is 5.59. The summed E-state index contributed by atoms with van der Waals surface area (Å²) in [5, 5.41) is 5.51. The van der Waals surface area contributed by atoms with Crippen LogP contribution in [0.3, 0.4) is 0 Å². The third kappa shape index (κ3) is 4.32. The average molecular weight is 600 g/mol. The minimum absolute atomic E-state index is 0.181. The van der Waals surface area contributed by atoms with Gasteiger partial charge in [0.1, 0.15) is 0 Å². The molecule has 0 saturated carbocycles. The van der Waals surface area contributed by atoms with Crippen molar-refractivity contribution in [3.63, 3.8) is 0 Å². The molecule has 1 saturated heterocycles. The molecule has 5 heterocycles. The Hall–Kier alpha value is -4.32. The fourth-order valence-corrected chi connectivity index (χ4v) is 7.35. The summed E-state index contributed by atoms with van der Waals surface area (Å²) >= 11 is 5.97. The van der Waals surface area contributed by atoms with Gasteiger partial charge in [0.15, 0.2) is 0 Å².